The Balaban J connectivity index is 3.09. The maximum atomic E-state index is 12.1. The first-order chi connectivity index (χ1) is 10.8. The predicted molar refractivity (Wildman–Crippen MR) is 91.3 cm³/mol. The molecule has 0 aromatic heterocycles. The van der Waals surface area contributed by atoms with Crippen molar-refractivity contribution >= 4 is 27.4 Å². The van der Waals surface area contributed by atoms with Gasteiger partial charge in [0.1, 0.15) is 11.5 Å². The summed E-state index contributed by atoms with van der Waals surface area (Å²) in [7, 11) is -3.65. The average Bonchev–Trinajstić information content (AvgIpc) is 2.37. The molecule has 0 bridgehead atoms. The van der Waals surface area contributed by atoms with Crippen LogP contribution < -0.4 is 10.1 Å². The van der Waals surface area contributed by atoms with Crippen molar-refractivity contribution in [1.29, 1.82) is 0 Å². The Kier molecular flexibility index (Phi) is 5.99. The van der Waals surface area contributed by atoms with E-state index in [2.05, 4.69) is 5.32 Å². The lowest BCUT2D eigenvalue weighted by Gasteiger charge is -2.19. The summed E-state index contributed by atoms with van der Waals surface area (Å²) in [6.45, 7) is 8.08. The Morgan fingerprint density at radius 1 is 1.25 bits per heavy atom. The number of anilines is 1. The van der Waals surface area contributed by atoms with Crippen LogP contribution in [0.5, 0.6) is 5.75 Å². The van der Waals surface area contributed by atoms with Gasteiger partial charge in [-0.1, -0.05) is 0 Å². The minimum atomic E-state index is -3.65. The van der Waals surface area contributed by atoms with Gasteiger partial charge in [-0.2, -0.15) is 0 Å². The number of carboxylic acids is 1. The van der Waals surface area contributed by atoms with E-state index in [0.29, 0.717) is 0 Å². The quantitative estimate of drug-likeness (QED) is 0.808. The summed E-state index contributed by atoms with van der Waals surface area (Å²) in [5, 5.41) is 11.5. The van der Waals surface area contributed by atoms with Crippen LogP contribution in [-0.2, 0) is 14.6 Å². The van der Waals surface area contributed by atoms with E-state index in [1.165, 1.54) is 39.0 Å². The summed E-state index contributed by atoms with van der Waals surface area (Å²) >= 11 is 0. The number of aromatic carboxylic acids is 1. The average molecular weight is 357 g/mol. The molecule has 1 aromatic carbocycles. The largest absolute Gasteiger partial charge is 0.489 e. The molecule has 24 heavy (non-hydrogen) atoms. The molecule has 0 radical (unpaired) electrons. The van der Waals surface area contributed by atoms with E-state index in [4.69, 9.17) is 9.84 Å². The Morgan fingerprint density at radius 3 is 2.29 bits per heavy atom. The zero-order chi connectivity index (χ0) is 18.7. The van der Waals surface area contributed by atoms with Crippen LogP contribution in [0.2, 0.25) is 0 Å². The molecule has 0 aliphatic heterocycles. The second-order valence-electron chi connectivity index (χ2n) is 6.60. The zero-order valence-electron chi connectivity index (χ0n) is 14.4. The summed E-state index contributed by atoms with van der Waals surface area (Å²) in [6.07, 6.45) is -0.199. The number of carbonyl (C=O) groups is 2. The van der Waals surface area contributed by atoms with E-state index >= 15 is 0 Å². The highest BCUT2D eigenvalue weighted by molar-refractivity contribution is 7.93. The zero-order valence-corrected chi connectivity index (χ0v) is 15.2. The van der Waals surface area contributed by atoms with Crippen molar-refractivity contribution in [2.24, 2.45) is 0 Å². The predicted octanol–water partition coefficient (Wildman–Crippen LogP) is 2.32. The normalized spacial score (nSPS) is 12.1. The molecular weight excluding hydrogens is 334 g/mol. The van der Waals surface area contributed by atoms with E-state index in [0.717, 1.165) is 0 Å². The minimum Gasteiger partial charge on any atom is -0.489 e. The van der Waals surface area contributed by atoms with Crippen molar-refractivity contribution < 1.29 is 27.9 Å². The van der Waals surface area contributed by atoms with Gasteiger partial charge in [-0.25, -0.2) is 13.2 Å². The van der Waals surface area contributed by atoms with Gasteiger partial charge in [0.25, 0.3) is 0 Å². The monoisotopic (exact) mass is 357 g/mol. The molecule has 1 rings (SSSR count). The van der Waals surface area contributed by atoms with Crippen molar-refractivity contribution in [1.82, 2.24) is 0 Å². The van der Waals surface area contributed by atoms with Crippen LogP contribution in [0.25, 0.3) is 0 Å². The van der Waals surface area contributed by atoms with E-state index in [1.807, 2.05) is 0 Å². The first-order valence-electron chi connectivity index (χ1n) is 7.39. The lowest BCUT2D eigenvalue weighted by Crippen LogP contribution is -2.35. The van der Waals surface area contributed by atoms with Crippen LogP contribution in [0.1, 0.15) is 45.0 Å². The van der Waals surface area contributed by atoms with E-state index in [1.54, 1.807) is 13.8 Å². The summed E-state index contributed by atoms with van der Waals surface area (Å²) in [4.78, 5) is 23.2. The molecule has 0 spiro atoms. The van der Waals surface area contributed by atoms with Gasteiger partial charge >= 0.3 is 5.97 Å². The highest BCUT2D eigenvalue weighted by atomic mass is 32.2. The SMILES string of the molecule is CC(C)Oc1ccc(C(=O)O)cc1NC(=O)CS(=O)(=O)C(C)(C)C. The molecule has 7 nitrogen and oxygen atoms in total. The second-order valence-corrected chi connectivity index (χ2v) is 9.35. The summed E-state index contributed by atoms with van der Waals surface area (Å²) in [5.41, 5.74) is 0.0813. The lowest BCUT2D eigenvalue weighted by molar-refractivity contribution is -0.113. The molecule has 0 saturated carbocycles. The van der Waals surface area contributed by atoms with Gasteiger partial charge in [-0.15, -0.1) is 0 Å². The van der Waals surface area contributed by atoms with E-state index < -0.39 is 32.2 Å². The molecule has 0 aliphatic rings. The Labute approximate surface area is 141 Å². The van der Waals surface area contributed by atoms with Gasteiger partial charge in [0.15, 0.2) is 9.84 Å². The molecule has 8 heteroatoms. The summed E-state index contributed by atoms with van der Waals surface area (Å²) < 4.78 is 28.7. The summed E-state index contributed by atoms with van der Waals surface area (Å²) in [5.74, 6) is -2.34. The van der Waals surface area contributed by atoms with Crippen molar-refractivity contribution in [2.75, 3.05) is 11.1 Å². The summed E-state index contributed by atoms with van der Waals surface area (Å²) in [6, 6.07) is 4.01. The van der Waals surface area contributed by atoms with Gasteiger partial charge in [0.05, 0.1) is 22.1 Å². The number of rotatable bonds is 6. The number of carboxylic acid groups (broad SMARTS) is 1. The van der Waals surface area contributed by atoms with Crippen LogP contribution in [0.3, 0.4) is 0 Å². The Morgan fingerprint density at radius 2 is 1.83 bits per heavy atom. The smallest absolute Gasteiger partial charge is 0.335 e. The number of sulfone groups is 1. The topological polar surface area (TPSA) is 110 Å². The fourth-order valence-electron chi connectivity index (χ4n) is 1.69. The highest BCUT2D eigenvalue weighted by Gasteiger charge is 2.31. The molecule has 0 aliphatic carbocycles. The number of hydrogen-bond donors (Lipinski definition) is 2. The van der Waals surface area contributed by atoms with Gasteiger partial charge < -0.3 is 15.2 Å². The number of ether oxygens (including phenoxy) is 1. The van der Waals surface area contributed by atoms with Crippen molar-refractivity contribution in [3.05, 3.63) is 23.8 Å². The molecule has 0 heterocycles. The fourth-order valence-corrected chi connectivity index (χ4v) is 2.54. The molecule has 0 fully saturated rings. The highest BCUT2D eigenvalue weighted by Crippen LogP contribution is 2.27. The van der Waals surface area contributed by atoms with Crippen molar-refractivity contribution in [3.8, 4) is 5.75 Å². The van der Waals surface area contributed by atoms with E-state index in [-0.39, 0.29) is 23.1 Å². The standard InChI is InChI=1S/C16H23NO6S/c1-10(2)23-13-7-6-11(15(19)20)8-12(13)17-14(18)9-24(21,22)16(3,4)5/h6-8,10H,9H2,1-5H3,(H,17,18)(H,19,20). The third-order valence-corrected chi connectivity index (χ3v) is 5.63. The van der Waals surface area contributed by atoms with Crippen molar-refractivity contribution in [2.45, 2.75) is 45.5 Å². The first-order valence-corrected chi connectivity index (χ1v) is 9.05. The van der Waals surface area contributed by atoms with Gasteiger partial charge in [-0.05, 0) is 52.8 Å². The van der Waals surface area contributed by atoms with Crippen LogP contribution in [0, 0.1) is 0 Å². The van der Waals surface area contributed by atoms with Crippen LogP contribution in [0.4, 0.5) is 5.69 Å². The molecular formula is C16H23NO6S. The van der Waals surface area contributed by atoms with Crippen LogP contribution in [0.15, 0.2) is 18.2 Å². The van der Waals surface area contributed by atoms with Gasteiger partial charge in [0.2, 0.25) is 5.91 Å². The van der Waals surface area contributed by atoms with Crippen LogP contribution in [-0.4, -0.2) is 42.0 Å². The second kappa shape index (κ2) is 7.21. The van der Waals surface area contributed by atoms with Crippen molar-refractivity contribution in [3.63, 3.8) is 0 Å². The Bertz CT molecular complexity index is 731. The van der Waals surface area contributed by atoms with E-state index in [9.17, 15) is 18.0 Å². The Hall–Kier alpha value is -2.09. The number of hydrogen-bond acceptors (Lipinski definition) is 5. The molecule has 1 aromatic rings. The molecule has 2 N–H and O–H groups in total. The number of amides is 1. The third-order valence-electron chi connectivity index (χ3n) is 3.12. The number of nitrogens with one attached hydrogen (secondary N) is 1. The number of benzene rings is 1. The third kappa shape index (κ3) is 5.23. The molecule has 0 unspecified atom stereocenters. The van der Waals surface area contributed by atoms with Crippen LogP contribution >= 0.6 is 0 Å². The molecule has 0 saturated heterocycles. The maximum absolute atomic E-state index is 12.1. The molecule has 0 atom stereocenters. The maximum Gasteiger partial charge on any atom is 0.335 e. The lowest BCUT2D eigenvalue weighted by atomic mass is 10.2. The molecule has 134 valence electrons. The molecule has 1 amide bonds. The number of carbonyl (C=O) groups excluding carboxylic acids is 1. The first kappa shape index (κ1) is 20.0. The van der Waals surface area contributed by atoms with Gasteiger partial charge in [-0.3, -0.25) is 4.79 Å². The minimum absolute atomic E-state index is 0.0416. The fraction of sp³-hybridized carbons (Fsp3) is 0.500. The van der Waals surface area contributed by atoms with Gasteiger partial charge in [0, 0.05) is 0 Å².